The predicted octanol–water partition coefficient (Wildman–Crippen LogP) is 0.747. The lowest BCUT2D eigenvalue weighted by Crippen LogP contribution is -2.52. The second kappa shape index (κ2) is 8.32. The molecule has 144 valence electrons. The molecule has 1 aromatic heterocycles. The number of likely N-dealkylation sites (tertiary alicyclic amines) is 1. The van der Waals surface area contributed by atoms with Gasteiger partial charge in [0.1, 0.15) is 0 Å². The molecule has 0 spiro atoms. The van der Waals surface area contributed by atoms with E-state index in [4.69, 9.17) is 9.47 Å². The van der Waals surface area contributed by atoms with Crippen molar-refractivity contribution in [1.29, 1.82) is 0 Å². The lowest BCUT2D eigenvalue weighted by Gasteiger charge is -2.36. The van der Waals surface area contributed by atoms with Gasteiger partial charge < -0.3 is 14.4 Å². The molecule has 8 nitrogen and oxygen atoms in total. The van der Waals surface area contributed by atoms with Crippen LogP contribution in [0.2, 0.25) is 0 Å². The van der Waals surface area contributed by atoms with E-state index in [1.54, 1.807) is 23.2 Å². The number of nitrogens with zero attached hydrogens (tertiary/aromatic N) is 3. The van der Waals surface area contributed by atoms with Crippen molar-refractivity contribution in [3.05, 3.63) is 24.0 Å². The standard InChI is InChI=1S/C17H25N3O5S/c1-2-25-15-6-3-7-18-16(15)17(21)19-8-4-5-14(13-19)26(22,23)20-9-11-24-12-10-20/h3,6-7,14H,2,4-5,8-13H2,1H3/t14-/m1/s1. The molecule has 1 atom stereocenters. The van der Waals surface area contributed by atoms with Gasteiger partial charge in [0.15, 0.2) is 11.4 Å². The van der Waals surface area contributed by atoms with Crippen molar-refractivity contribution in [2.75, 3.05) is 46.0 Å². The van der Waals surface area contributed by atoms with Crippen LogP contribution in [0.4, 0.5) is 0 Å². The minimum Gasteiger partial charge on any atom is -0.491 e. The number of hydrogen-bond donors (Lipinski definition) is 0. The molecule has 26 heavy (non-hydrogen) atoms. The number of piperidine rings is 1. The molecule has 2 aliphatic heterocycles. The maximum atomic E-state index is 12.9. The van der Waals surface area contributed by atoms with E-state index in [9.17, 15) is 13.2 Å². The summed E-state index contributed by atoms with van der Waals surface area (Å²) in [7, 11) is -3.45. The van der Waals surface area contributed by atoms with Gasteiger partial charge in [-0.05, 0) is 31.9 Å². The monoisotopic (exact) mass is 383 g/mol. The first-order chi connectivity index (χ1) is 12.5. The van der Waals surface area contributed by atoms with Crippen molar-refractivity contribution in [1.82, 2.24) is 14.2 Å². The zero-order valence-electron chi connectivity index (χ0n) is 15.0. The molecule has 0 unspecified atom stereocenters. The maximum absolute atomic E-state index is 12.9. The number of sulfonamides is 1. The molecule has 2 aliphatic rings. The van der Waals surface area contributed by atoms with Gasteiger partial charge in [0.25, 0.3) is 5.91 Å². The Bertz CT molecular complexity index is 734. The topological polar surface area (TPSA) is 89.0 Å². The highest BCUT2D eigenvalue weighted by Gasteiger charge is 2.38. The van der Waals surface area contributed by atoms with Crippen LogP contribution in [0.25, 0.3) is 0 Å². The van der Waals surface area contributed by atoms with Gasteiger partial charge in [-0.25, -0.2) is 13.4 Å². The summed E-state index contributed by atoms with van der Waals surface area (Å²) in [5, 5.41) is -0.586. The Kier molecular flexibility index (Phi) is 6.10. The average molecular weight is 383 g/mol. The van der Waals surface area contributed by atoms with Crippen LogP contribution >= 0.6 is 0 Å². The molecule has 2 saturated heterocycles. The Hall–Kier alpha value is -1.71. The fourth-order valence-corrected chi connectivity index (χ4v) is 5.26. The number of pyridine rings is 1. The normalized spacial score (nSPS) is 22.2. The fourth-order valence-electron chi connectivity index (χ4n) is 3.35. The highest BCUT2D eigenvalue weighted by Crippen LogP contribution is 2.24. The van der Waals surface area contributed by atoms with Gasteiger partial charge in [-0.2, -0.15) is 4.31 Å². The van der Waals surface area contributed by atoms with Gasteiger partial charge in [0.2, 0.25) is 10.0 Å². The first-order valence-electron chi connectivity index (χ1n) is 8.98. The van der Waals surface area contributed by atoms with Crippen LogP contribution in [0, 0.1) is 0 Å². The minimum atomic E-state index is -3.45. The molecule has 0 saturated carbocycles. The zero-order chi connectivity index (χ0) is 18.6. The van der Waals surface area contributed by atoms with Gasteiger partial charge in [0, 0.05) is 32.4 Å². The summed E-state index contributed by atoms with van der Waals surface area (Å²) in [6.45, 7) is 4.56. The van der Waals surface area contributed by atoms with Crippen LogP contribution in [0.5, 0.6) is 5.75 Å². The third-order valence-corrected chi connectivity index (χ3v) is 7.00. The molecular weight excluding hydrogens is 358 g/mol. The maximum Gasteiger partial charge on any atom is 0.276 e. The second-order valence-corrected chi connectivity index (χ2v) is 8.57. The van der Waals surface area contributed by atoms with Gasteiger partial charge >= 0.3 is 0 Å². The summed E-state index contributed by atoms with van der Waals surface area (Å²) in [4.78, 5) is 18.6. The van der Waals surface area contributed by atoms with Crippen LogP contribution in [-0.4, -0.2) is 79.8 Å². The average Bonchev–Trinajstić information content (AvgIpc) is 2.69. The van der Waals surface area contributed by atoms with Crippen molar-refractivity contribution >= 4 is 15.9 Å². The molecule has 0 N–H and O–H groups in total. The van der Waals surface area contributed by atoms with E-state index >= 15 is 0 Å². The Morgan fingerprint density at radius 3 is 2.85 bits per heavy atom. The first kappa shape index (κ1) is 19.1. The lowest BCUT2D eigenvalue weighted by molar-refractivity contribution is 0.0680. The molecule has 3 heterocycles. The van der Waals surface area contributed by atoms with Crippen molar-refractivity contribution in [2.24, 2.45) is 0 Å². The predicted molar refractivity (Wildman–Crippen MR) is 95.6 cm³/mol. The molecule has 9 heteroatoms. The largest absolute Gasteiger partial charge is 0.491 e. The summed E-state index contributed by atoms with van der Waals surface area (Å²) < 4.78 is 38.0. The minimum absolute atomic E-state index is 0.181. The molecular formula is C17H25N3O5S. The van der Waals surface area contributed by atoms with Crippen LogP contribution in [0.3, 0.4) is 0 Å². The number of morpholine rings is 1. The molecule has 0 aromatic carbocycles. The molecule has 3 rings (SSSR count). The van der Waals surface area contributed by atoms with Crippen LogP contribution in [-0.2, 0) is 14.8 Å². The van der Waals surface area contributed by atoms with Gasteiger partial charge in [0.05, 0.1) is 25.1 Å². The zero-order valence-corrected chi connectivity index (χ0v) is 15.8. The highest BCUT2D eigenvalue weighted by molar-refractivity contribution is 7.89. The number of hydrogen-bond acceptors (Lipinski definition) is 6. The molecule has 1 aromatic rings. The first-order valence-corrected chi connectivity index (χ1v) is 10.5. The number of rotatable bonds is 5. The summed E-state index contributed by atoms with van der Waals surface area (Å²) >= 11 is 0. The van der Waals surface area contributed by atoms with E-state index in [1.807, 2.05) is 6.92 Å². The molecule has 2 fully saturated rings. The highest BCUT2D eigenvalue weighted by atomic mass is 32.2. The van der Waals surface area contributed by atoms with Crippen molar-refractivity contribution in [2.45, 2.75) is 25.0 Å². The summed E-state index contributed by atoms with van der Waals surface area (Å²) in [6.07, 6.45) is 2.75. The smallest absolute Gasteiger partial charge is 0.276 e. The Morgan fingerprint density at radius 1 is 1.35 bits per heavy atom. The van der Waals surface area contributed by atoms with Gasteiger partial charge in [-0.1, -0.05) is 0 Å². The SMILES string of the molecule is CCOc1cccnc1C(=O)N1CCC[C@@H](S(=O)(=O)N2CCOCC2)C1. The van der Waals surface area contributed by atoms with Gasteiger partial charge in [-0.3, -0.25) is 4.79 Å². The lowest BCUT2D eigenvalue weighted by atomic mass is 10.1. The third kappa shape index (κ3) is 3.99. The van der Waals surface area contributed by atoms with E-state index < -0.39 is 15.3 Å². The fraction of sp³-hybridized carbons (Fsp3) is 0.647. The summed E-state index contributed by atoms with van der Waals surface area (Å²) in [5.41, 5.74) is 0.235. The van der Waals surface area contributed by atoms with Gasteiger partial charge in [-0.15, -0.1) is 0 Å². The molecule has 0 aliphatic carbocycles. The van der Waals surface area contributed by atoms with E-state index in [0.717, 1.165) is 0 Å². The van der Waals surface area contributed by atoms with Crippen LogP contribution in [0.15, 0.2) is 18.3 Å². The van der Waals surface area contributed by atoms with Crippen LogP contribution < -0.4 is 4.74 Å². The summed E-state index contributed by atoms with van der Waals surface area (Å²) in [5.74, 6) is 0.147. The van der Waals surface area contributed by atoms with E-state index in [-0.39, 0.29) is 18.1 Å². The summed E-state index contributed by atoms with van der Waals surface area (Å²) in [6, 6.07) is 3.42. The van der Waals surface area contributed by atoms with E-state index in [1.165, 1.54) is 4.31 Å². The number of carbonyl (C=O) groups excluding carboxylic acids is 1. The van der Waals surface area contributed by atoms with Crippen molar-refractivity contribution < 1.29 is 22.7 Å². The van der Waals surface area contributed by atoms with Crippen molar-refractivity contribution in [3.8, 4) is 5.75 Å². The molecule has 0 bridgehead atoms. The quantitative estimate of drug-likeness (QED) is 0.745. The van der Waals surface area contributed by atoms with Crippen molar-refractivity contribution in [3.63, 3.8) is 0 Å². The number of amides is 1. The van der Waals surface area contributed by atoms with E-state index in [0.29, 0.717) is 58.0 Å². The number of aromatic nitrogens is 1. The van der Waals surface area contributed by atoms with Crippen LogP contribution in [0.1, 0.15) is 30.3 Å². The Labute approximate surface area is 154 Å². The Morgan fingerprint density at radius 2 is 2.12 bits per heavy atom. The second-order valence-electron chi connectivity index (χ2n) is 6.35. The third-order valence-electron chi connectivity index (χ3n) is 4.69. The number of carbonyl (C=O) groups is 1. The van der Waals surface area contributed by atoms with E-state index in [2.05, 4.69) is 4.98 Å². The molecule has 0 radical (unpaired) electrons. The molecule has 1 amide bonds. The Balaban J connectivity index is 1.75. The number of ether oxygens (including phenoxy) is 2.